The third-order valence-corrected chi connectivity index (χ3v) is 3.13. The highest BCUT2D eigenvalue weighted by Crippen LogP contribution is 2.20. The Bertz CT molecular complexity index is 638. The van der Waals surface area contributed by atoms with Gasteiger partial charge in [-0.15, -0.1) is 0 Å². The van der Waals surface area contributed by atoms with Crippen molar-refractivity contribution in [1.82, 2.24) is 9.55 Å². The summed E-state index contributed by atoms with van der Waals surface area (Å²) < 4.78 is 2.11. The predicted octanol–water partition coefficient (Wildman–Crippen LogP) is 3.16. The Morgan fingerprint density at radius 3 is 2.71 bits per heavy atom. The molecule has 0 aliphatic rings. The highest BCUT2D eigenvalue weighted by Gasteiger charge is 2.04. The van der Waals surface area contributed by atoms with Crippen LogP contribution in [0.4, 0.5) is 0 Å². The molecule has 0 saturated heterocycles. The first-order valence-corrected chi connectivity index (χ1v) is 5.76. The summed E-state index contributed by atoms with van der Waals surface area (Å²) in [6.45, 7) is 0. The molecular formula is C15H14N2. The van der Waals surface area contributed by atoms with E-state index in [1.807, 2.05) is 18.5 Å². The van der Waals surface area contributed by atoms with Gasteiger partial charge in [-0.2, -0.15) is 0 Å². The van der Waals surface area contributed by atoms with Crippen LogP contribution in [0.1, 0.15) is 11.1 Å². The first-order chi connectivity index (χ1) is 8.34. The van der Waals surface area contributed by atoms with Crippen LogP contribution in [-0.2, 0) is 13.5 Å². The Balaban J connectivity index is 2.06. The fraction of sp³-hybridized carbons (Fsp3) is 0.133. The average Bonchev–Trinajstić information content (AvgIpc) is 2.74. The van der Waals surface area contributed by atoms with E-state index in [2.05, 4.69) is 53.1 Å². The number of fused-ring (bicyclic) bond motifs is 1. The van der Waals surface area contributed by atoms with E-state index in [-0.39, 0.29) is 0 Å². The lowest BCUT2D eigenvalue weighted by Gasteiger charge is -2.04. The molecule has 0 aliphatic carbocycles. The molecule has 0 aliphatic heterocycles. The molecule has 2 nitrogen and oxygen atoms in total. The van der Waals surface area contributed by atoms with Gasteiger partial charge in [-0.3, -0.25) is 4.98 Å². The summed E-state index contributed by atoms with van der Waals surface area (Å²) in [6.07, 6.45) is 6.91. The van der Waals surface area contributed by atoms with Gasteiger partial charge in [0.1, 0.15) is 0 Å². The molecule has 2 heteroatoms. The van der Waals surface area contributed by atoms with Gasteiger partial charge < -0.3 is 4.57 Å². The molecule has 0 amide bonds. The van der Waals surface area contributed by atoms with Crippen LogP contribution in [0.15, 0.2) is 55.0 Å². The second-order valence-corrected chi connectivity index (χ2v) is 4.32. The first kappa shape index (κ1) is 10.1. The third kappa shape index (κ3) is 1.82. The number of rotatable bonds is 2. The van der Waals surface area contributed by atoms with Gasteiger partial charge in [-0.25, -0.2) is 0 Å². The average molecular weight is 222 g/mol. The molecule has 0 unspecified atom stereocenters. The fourth-order valence-corrected chi connectivity index (χ4v) is 2.20. The number of aryl methyl sites for hydroxylation is 1. The summed E-state index contributed by atoms with van der Waals surface area (Å²) in [5, 5.41) is 1.30. The number of aromatic nitrogens is 2. The molecule has 3 rings (SSSR count). The van der Waals surface area contributed by atoms with Crippen molar-refractivity contribution in [2.75, 3.05) is 0 Å². The van der Waals surface area contributed by atoms with E-state index >= 15 is 0 Å². The predicted molar refractivity (Wildman–Crippen MR) is 70.0 cm³/mol. The van der Waals surface area contributed by atoms with E-state index < -0.39 is 0 Å². The van der Waals surface area contributed by atoms with Crippen LogP contribution in [0, 0.1) is 0 Å². The number of pyridine rings is 1. The first-order valence-electron chi connectivity index (χ1n) is 5.76. The summed E-state index contributed by atoms with van der Waals surface area (Å²) in [5.74, 6) is 0. The van der Waals surface area contributed by atoms with Gasteiger partial charge in [-0.05, 0) is 23.6 Å². The van der Waals surface area contributed by atoms with Crippen molar-refractivity contribution in [3.63, 3.8) is 0 Å². The third-order valence-electron chi connectivity index (χ3n) is 3.13. The zero-order valence-corrected chi connectivity index (χ0v) is 9.80. The van der Waals surface area contributed by atoms with E-state index in [1.54, 1.807) is 0 Å². The molecule has 84 valence electrons. The minimum Gasteiger partial charge on any atom is -0.349 e. The van der Waals surface area contributed by atoms with Crippen LogP contribution in [-0.4, -0.2) is 9.55 Å². The van der Waals surface area contributed by atoms with Crippen LogP contribution >= 0.6 is 0 Å². The lowest BCUT2D eigenvalue weighted by atomic mass is 10.0. The maximum atomic E-state index is 4.32. The van der Waals surface area contributed by atoms with E-state index in [0.29, 0.717) is 0 Å². The van der Waals surface area contributed by atoms with Gasteiger partial charge in [0.25, 0.3) is 0 Å². The molecule has 2 heterocycles. The van der Waals surface area contributed by atoms with Crippen molar-refractivity contribution >= 4 is 10.9 Å². The Hall–Kier alpha value is -2.09. The van der Waals surface area contributed by atoms with Gasteiger partial charge in [0.15, 0.2) is 0 Å². The number of hydrogen-bond donors (Lipinski definition) is 0. The molecule has 0 saturated carbocycles. The summed E-state index contributed by atoms with van der Waals surface area (Å²) in [5.41, 5.74) is 3.80. The second kappa shape index (κ2) is 4.06. The standard InChI is InChI=1S/C15H14N2/c1-17-8-7-14-13(10-16-11-15(14)17)9-12-5-3-2-4-6-12/h2-8,10-11H,9H2,1H3. The highest BCUT2D eigenvalue weighted by atomic mass is 14.9. The Morgan fingerprint density at radius 1 is 1.06 bits per heavy atom. The minimum absolute atomic E-state index is 0.940. The maximum absolute atomic E-state index is 4.32. The van der Waals surface area contributed by atoms with Crippen molar-refractivity contribution in [1.29, 1.82) is 0 Å². The van der Waals surface area contributed by atoms with Gasteiger partial charge in [0.05, 0.1) is 11.7 Å². The van der Waals surface area contributed by atoms with Gasteiger partial charge in [0.2, 0.25) is 0 Å². The van der Waals surface area contributed by atoms with Gasteiger partial charge in [0, 0.05) is 24.8 Å². The lowest BCUT2D eigenvalue weighted by molar-refractivity contribution is 0.964. The molecule has 17 heavy (non-hydrogen) atoms. The van der Waals surface area contributed by atoms with E-state index in [0.717, 1.165) is 6.42 Å². The largest absolute Gasteiger partial charge is 0.349 e. The second-order valence-electron chi connectivity index (χ2n) is 4.32. The molecule has 2 aromatic heterocycles. The number of benzene rings is 1. The van der Waals surface area contributed by atoms with E-state index in [9.17, 15) is 0 Å². The normalized spacial score (nSPS) is 10.9. The van der Waals surface area contributed by atoms with Crippen molar-refractivity contribution in [2.45, 2.75) is 6.42 Å². The molecule has 0 spiro atoms. The zero-order chi connectivity index (χ0) is 11.7. The topological polar surface area (TPSA) is 17.8 Å². The molecule has 0 fully saturated rings. The Kier molecular flexibility index (Phi) is 2.41. The maximum Gasteiger partial charge on any atom is 0.0667 e. The van der Waals surface area contributed by atoms with Gasteiger partial charge in [-0.1, -0.05) is 30.3 Å². The fourth-order valence-electron chi connectivity index (χ4n) is 2.20. The van der Waals surface area contributed by atoms with Crippen LogP contribution in [0.2, 0.25) is 0 Å². The van der Waals surface area contributed by atoms with E-state index in [1.165, 1.54) is 22.0 Å². The molecule has 1 aromatic carbocycles. The number of hydrogen-bond acceptors (Lipinski definition) is 1. The van der Waals surface area contributed by atoms with Gasteiger partial charge >= 0.3 is 0 Å². The number of nitrogens with zero attached hydrogens (tertiary/aromatic N) is 2. The van der Waals surface area contributed by atoms with Crippen LogP contribution < -0.4 is 0 Å². The Morgan fingerprint density at radius 2 is 1.88 bits per heavy atom. The Labute approximate surface area is 101 Å². The van der Waals surface area contributed by atoms with Crippen molar-refractivity contribution in [3.8, 4) is 0 Å². The van der Waals surface area contributed by atoms with Crippen LogP contribution in [0.3, 0.4) is 0 Å². The molecule has 0 N–H and O–H groups in total. The van der Waals surface area contributed by atoms with Crippen LogP contribution in [0.25, 0.3) is 10.9 Å². The summed E-state index contributed by atoms with van der Waals surface area (Å²) in [4.78, 5) is 4.32. The molecule has 3 aromatic rings. The smallest absolute Gasteiger partial charge is 0.0667 e. The van der Waals surface area contributed by atoms with Crippen LogP contribution in [0.5, 0.6) is 0 Å². The summed E-state index contributed by atoms with van der Waals surface area (Å²) >= 11 is 0. The summed E-state index contributed by atoms with van der Waals surface area (Å²) in [7, 11) is 2.05. The monoisotopic (exact) mass is 222 g/mol. The van der Waals surface area contributed by atoms with Crippen molar-refractivity contribution in [2.24, 2.45) is 7.05 Å². The SMILES string of the molecule is Cn1ccc2c(Cc3ccccc3)cncc21. The van der Waals surface area contributed by atoms with E-state index in [4.69, 9.17) is 0 Å². The highest BCUT2D eigenvalue weighted by molar-refractivity contribution is 5.82. The quantitative estimate of drug-likeness (QED) is 0.651. The molecular weight excluding hydrogens is 208 g/mol. The molecule has 0 atom stereocenters. The summed E-state index contributed by atoms with van der Waals surface area (Å²) in [6, 6.07) is 12.7. The van der Waals surface area contributed by atoms with Crippen molar-refractivity contribution < 1.29 is 0 Å². The molecule has 0 radical (unpaired) electrons. The van der Waals surface area contributed by atoms with Crippen molar-refractivity contribution in [3.05, 3.63) is 66.1 Å². The molecule has 0 bridgehead atoms. The lowest BCUT2D eigenvalue weighted by Crippen LogP contribution is -1.91. The zero-order valence-electron chi connectivity index (χ0n) is 9.80. The minimum atomic E-state index is 0.940.